The van der Waals surface area contributed by atoms with Crippen LogP contribution in [-0.2, 0) is 16.0 Å². The number of ether oxygens (including phenoxy) is 1. The van der Waals surface area contributed by atoms with Crippen molar-refractivity contribution in [3.63, 3.8) is 0 Å². The zero-order valence-electron chi connectivity index (χ0n) is 15.7. The van der Waals surface area contributed by atoms with Gasteiger partial charge in [0.05, 0.1) is 13.1 Å². The normalized spacial score (nSPS) is 13.3. The van der Waals surface area contributed by atoms with Gasteiger partial charge < -0.3 is 15.0 Å². The van der Waals surface area contributed by atoms with Gasteiger partial charge >= 0.3 is 6.36 Å². The summed E-state index contributed by atoms with van der Waals surface area (Å²) in [6.45, 7) is 0.646. The van der Waals surface area contributed by atoms with Gasteiger partial charge in [0.1, 0.15) is 5.75 Å². The summed E-state index contributed by atoms with van der Waals surface area (Å²) >= 11 is 0. The number of alkyl halides is 3. The zero-order valence-corrected chi connectivity index (χ0v) is 15.7. The summed E-state index contributed by atoms with van der Waals surface area (Å²) in [5, 5.41) is 2.58. The Bertz CT molecular complexity index is 885. The first-order chi connectivity index (χ1) is 13.7. The van der Waals surface area contributed by atoms with E-state index in [9.17, 15) is 22.8 Å². The van der Waals surface area contributed by atoms with E-state index in [0.29, 0.717) is 12.2 Å². The van der Waals surface area contributed by atoms with E-state index >= 15 is 0 Å². The molecule has 9 heteroatoms. The third-order valence-electron chi connectivity index (χ3n) is 4.38. The van der Waals surface area contributed by atoms with Gasteiger partial charge in [0, 0.05) is 17.9 Å². The van der Waals surface area contributed by atoms with Gasteiger partial charge in [-0.3, -0.25) is 14.5 Å². The molecule has 0 spiro atoms. The Morgan fingerprint density at radius 3 is 2.48 bits per heavy atom. The Morgan fingerprint density at radius 2 is 1.79 bits per heavy atom. The first-order valence-electron chi connectivity index (χ1n) is 8.94. The van der Waals surface area contributed by atoms with Crippen molar-refractivity contribution < 1.29 is 27.5 Å². The van der Waals surface area contributed by atoms with Crippen LogP contribution >= 0.6 is 0 Å². The minimum Gasteiger partial charge on any atom is -0.406 e. The molecule has 2 amide bonds. The van der Waals surface area contributed by atoms with Gasteiger partial charge in [-0.15, -0.1) is 13.2 Å². The standard InChI is InChI=1S/C20H20F3N3O3/c1-25(13-19(28)26-11-10-14-4-2-3-5-17(14)26)12-18(27)24-15-6-8-16(9-7-15)29-20(21,22)23/h2-9H,10-13H2,1H3,(H,24,27). The van der Waals surface area contributed by atoms with Crippen molar-refractivity contribution in [3.05, 3.63) is 54.1 Å². The van der Waals surface area contributed by atoms with Crippen molar-refractivity contribution >= 4 is 23.2 Å². The fraction of sp³-hybridized carbons (Fsp3) is 0.300. The van der Waals surface area contributed by atoms with Gasteiger partial charge in [0.15, 0.2) is 0 Å². The number of likely N-dealkylation sites (N-methyl/N-ethyl adjacent to an activating group) is 1. The predicted molar refractivity (Wildman–Crippen MR) is 102 cm³/mol. The van der Waals surface area contributed by atoms with Crippen LogP contribution in [0.1, 0.15) is 5.56 Å². The van der Waals surface area contributed by atoms with Gasteiger partial charge in [-0.25, -0.2) is 0 Å². The van der Waals surface area contributed by atoms with Crippen molar-refractivity contribution in [2.75, 3.05) is 36.9 Å². The summed E-state index contributed by atoms with van der Waals surface area (Å²) in [6, 6.07) is 12.6. The van der Waals surface area contributed by atoms with Gasteiger partial charge in [-0.05, 0) is 49.4 Å². The third-order valence-corrected chi connectivity index (χ3v) is 4.38. The fourth-order valence-corrected chi connectivity index (χ4v) is 3.16. The molecule has 2 aromatic rings. The highest BCUT2D eigenvalue weighted by Crippen LogP contribution is 2.27. The number of benzene rings is 2. The number of fused-ring (bicyclic) bond motifs is 1. The molecule has 2 aromatic carbocycles. The first-order valence-corrected chi connectivity index (χ1v) is 8.94. The lowest BCUT2D eigenvalue weighted by Crippen LogP contribution is -2.40. The number of hydrogen-bond donors (Lipinski definition) is 1. The van der Waals surface area contributed by atoms with Gasteiger partial charge in [0.25, 0.3) is 0 Å². The Hall–Kier alpha value is -3.07. The van der Waals surface area contributed by atoms with Crippen LogP contribution < -0.4 is 15.0 Å². The second-order valence-corrected chi connectivity index (χ2v) is 6.72. The molecule has 154 valence electrons. The van der Waals surface area contributed by atoms with Gasteiger partial charge in [-0.1, -0.05) is 18.2 Å². The number of halogens is 3. The SMILES string of the molecule is CN(CC(=O)Nc1ccc(OC(F)(F)F)cc1)CC(=O)N1CCc2ccccc21. The highest BCUT2D eigenvalue weighted by molar-refractivity contribution is 5.97. The molecule has 29 heavy (non-hydrogen) atoms. The monoisotopic (exact) mass is 407 g/mol. The van der Waals surface area contributed by atoms with Crippen LogP contribution in [0.3, 0.4) is 0 Å². The molecule has 1 heterocycles. The number of hydrogen-bond acceptors (Lipinski definition) is 4. The highest BCUT2D eigenvalue weighted by atomic mass is 19.4. The molecule has 0 unspecified atom stereocenters. The van der Waals surface area contributed by atoms with E-state index in [1.807, 2.05) is 24.3 Å². The molecule has 0 saturated carbocycles. The Kier molecular flexibility index (Phi) is 6.07. The van der Waals surface area contributed by atoms with E-state index in [1.165, 1.54) is 12.1 Å². The van der Waals surface area contributed by atoms with Gasteiger partial charge in [-0.2, -0.15) is 0 Å². The summed E-state index contributed by atoms with van der Waals surface area (Å²) in [5.41, 5.74) is 2.36. The molecule has 1 aliphatic rings. The van der Waals surface area contributed by atoms with Crippen molar-refractivity contribution in [2.24, 2.45) is 0 Å². The Labute approximate surface area is 165 Å². The molecule has 0 bridgehead atoms. The van der Waals surface area contributed by atoms with Crippen LogP contribution in [-0.4, -0.2) is 49.8 Å². The van der Waals surface area contributed by atoms with E-state index in [-0.39, 0.29) is 30.7 Å². The number of anilines is 2. The van der Waals surface area contributed by atoms with Crippen LogP contribution in [0, 0.1) is 0 Å². The Morgan fingerprint density at radius 1 is 1.10 bits per heavy atom. The number of rotatable bonds is 6. The number of carbonyl (C=O) groups excluding carboxylic acids is 2. The highest BCUT2D eigenvalue weighted by Gasteiger charge is 2.31. The molecular formula is C20H20F3N3O3. The number of nitrogens with one attached hydrogen (secondary N) is 1. The lowest BCUT2D eigenvalue weighted by atomic mass is 10.2. The molecule has 1 aliphatic heterocycles. The van der Waals surface area contributed by atoms with Crippen molar-refractivity contribution in [3.8, 4) is 5.75 Å². The van der Waals surface area contributed by atoms with E-state index in [4.69, 9.17) is 0 Å². The smallest absolute Gasteiger partial charge is 0.406 e. The second-order valence-electron chi connectivity index (χ2n) is 6.72. The van der Waals surface area contributed by atoms with E-state index in [2.05, 4.69) is 10.1 Å². The third kappa shape index (κ3) is 5.71. The molecule has 0 fully saturated rings. The number of nitrogens with zero attached hydrogens (tertiary/aromatic N) is 2. The molecular weight excluding hydrogens is 387 g/mol. The molecule has 0 atom stereocenters. The van der Waals surface area contributed by atoms with Crippen molar-refractivity contribution in [2.45, 2.75) is 12.8 Å². The van der Waals surface area contributed by atoms with E-state index < -0.39 is 6.36 Å². The molecule has 6 nitrogen and oxygen atoms in total. The van der Waals surface area contributed by atoms with E-state index in [0.717, 1.165) is 29.8 Å². The number of carbonyl (C=O) groups is 2. The molecule has 0 aromatic heterocycles. The maximum atomic E-state index is 12.6. The average molecular weight is 407 g/mol. The van der Waals surface area contributed by atoms with Crippen LogP contribution in [0.5, 0.6) is 5.75 Å². The summed E-state index contributed by atoms with van der Waals surface area (Å²) < 4.78 is 40.3. The lowest BCUT2D eigenvalue weighted by molar-refractivity contribution is -0.274. The van der Waals surface area contributed by atoms with Crippen LogP contribution in [0.2, 0.25) is 0 Å². The molecule has 3 rings (SSSR count). The van der Waals surface area contributed by atoms with Crippen LogP contribution in [0.25, 0.3) is 0 Å². The van der Waals surface area contributed by atoms with Crippen molar-refractivity contribution in [1.29, 1.82) is 0 Å². The molecule has 0 saturated heterocycles. The fourth-order valence-electron chi connectivity index (χ4n) is 3.16. The predicted octanol–water partition coefficient (Wildman–Crippen LogP) is 3.04. The number of para-hydroxylation sites is 1. The lowest BCUT2D eigenvalue weighted by Gasteiger charge is -2.21. The minimum atomic E-state index is -4.77. The molecule has 0 radical (unpaired) electrons. The maximum absolute atomic E-state index is 12.6. The van der Waals surface area contributed by atoms with Crippen LogP contribution in [0.4, 0.5) is 24.5 Å². The maximum Gasteiger partial charge on any atom is 0.573 e. The topological polar surface area (TPSA) is 61.9 Å². The van der Waals surface area contributed by atoms with E-state index in [1.54, 1.807) is 16.8 Å². The molecule has 1 N–H and O–H groups in total. The van der Waals surface area contributed by atoms with Crippen LogP contribution in [0.15, 0.2) is 48.5 Å². The quantitative estimate of drug-likeness (QED) is 0.800. The Balaban J connectivity index is 1.49. The zero-order chi connectivity index (χ0) is 21.0. The summed E-state index contributed by atoms with van der Waals surface area (Å²) in [5.74, 6) is -0.852. The minimum absolute atomic E-state index is 0.0397. The second kappa shape index (κ2) is 8.52. The van der Waals surface area contributed by atoms with Crippen molar-refractivity contribution in [1.82, 2.24) is 4.90 Å². The summed E-state index contributed by atoms with van der Waals surface area (Å²) in [7, 11) is 1.65. The number of amides is 2. The first kappa shape index (κ1) is 20.7. The average Bonchev–Trinajstić information content (AvgIpc) is 3.06. The summed E-state index contributed by atoms with van der Waals surface area (Å²) in [4.78, 5) is 28.0. The molecule has 0 aliphatic carbocycles. The van der Waals surface area contributed by atoms with Gasteiger partial charge in [0.2, 0.25) is 11.8 Å². The summed E-state index contributed by atoms with van der Waals surface area (Å²) in [6.07, 6.45) is -3.96. The largest absolute Gasteiger partial charge is 0.573 e.